The van der Waals surface area contributed by atoms with E-state index in [4.69, 9.17) is 0 Å². The van der Waals surface area contributed by atoms with Crippen LogP contribution >= 0.6 is 0 Å². The predicted molar refractivity (Wildman–Crippen MR) is 73.2 cm³/mol. The molecule has 19 heavy (non-hydrogen) atoms. The van der Waals surface area contributed by atoms with Gasteiger partial charge >= 0.3 is 0 Å². The van der Waals surface area contributed by atoms with E-state index in [0.717, 1.165) is 13.0 Å². The molecule has 0 fully saturated rings. The molecule has 5 heteroatoms. The van der Waals surface area contributed by atoms with Gasteiger partial charge in [0, 0.05) is 6.54 Å². The standard InChI is InChI=1S/C14H16N2O2S/c1-16-9-5-6-12(14(16)10-15)11-19(17,18)13-7-3-2-4-8-13/h2-4,6-8,14H,5,9,11H2,1H3. The summed E-state index contributed by atoms with van der Waals surface area (Å²) in [6, 6.07) is 10.1. The maximum atomic E-state index is 12.3. The van der Waals surface area contributed by atoms with Gasteiger partial charge in [-0.05, 0) is 31.2 Å². The molecule has 1 aromatic carbocycles. The Morgan fingerprint density at radius 1 is 1.37 bits per heavy atom. The maximum absolute atomic E-state index is 12.3. The van der Waals surface area contributed by atoms with Crippen molar-refractivity contribution in [3.8, 4) is 6.07 Å². The molecule has 0 N–H and O–H groups in total. The second kappa shape index (κ2) is 5.55. The lowest BCUT2D eigenvalue weighted by atomic mass is 10.0. The first-order valence-electron chi connectivity index (χ1n) is 6.11. The minimum absolute atomic E-state index is 0.0837. The van der Waals surface area contributed by atoms with E-state index >= 15 is 0 Å². The number of nitrogens with zero attached hydrogens (tertiary/aromatic N) is 2. The van der Waals surface area contributed by atoms with E-state index in [0.29, 0.717) is 10.5 Å². The van der Waals surface area contributed by atoms with Gasteiger partial charge in [0.2, 0.25) is 0 Å². The summed E-state index contributed by atoms with van der Waals surface area (Å²) < 4.78 is 24.6. The van der Waals surface area contributed by atoms with Crippen molar-refractivity contribution in [2.45, 2.75) is 17.4 Å². The molecule has 1 aliphatic rings. The summed E-state index contributed by atoms with van der Waals surface area (Å²) in [5, 5.41) is 9.17. The van der Waals surface area contributed by atoms with Crippen LogP contribution in [0.5, 0.6) is 0 Å². The summed E-state index contributed by atoms with van der Waals surface area (Å²) >= 11 is 0. The van der Waals surface area contributed by atoms with Crippen LogP contribution in [0.3, 0.4) is 0 Å². The molecule has 0 bridgehead atoms. The first-order chi connectivity index (χ1) is 9.04. The lowest BCUT2D eigenvalue weighted by Gasteiger charge is -2.28. The summed E-state index contributed by atoms with van der Waals surface area (Å²) in [6.07, 6.45) is 2.67. The van der Waals surface area contributed by atoms with E-state index < -0.39 is 15.9 Å². The third kappa shape index (κ3) is 3.03. The van der Waals surface area contributed by atoms with E-state index in [1.807, 2.05) is 18.0 Å². The first-order valence-corrected chi connectivity index (χ1v) is 7.76. The molecular formula is C14H16N2O2S. The predicted octanol–water partition coefficient (Wildman–Crippen LogP) is 1.61. The van der Waals surface area contributed by atoms with Crippen molar-refractivity contribution in [3.05, 3.63) is 42.0 Å². The average Bonchev–Trinajstić information content (AvgIpc) is 2.40. The minimum Gasteiger partial charge on any atom is -0.287 e. The maximum Gasteiger partial charge on any atom is 0.182 e. The van der Waals surface area contributed by atoms with E-state index in [1.54, 1.807) is 30.3 Å². The molecule has 1 aliphatic heterocycles. The molecule has 0 saturated carbocycles. The zero-order chi connectivity index (χ0) is 13.9. The summed E-state index contributed by atoms with van der Waals surface area (Å²) in [5.74, 6) is -0.0837. The van der Waals surface area contributed by atoms with Crippen LogP contribution in [0.4, 0.5) is 0 Å². The van der Waals surface area contributed by atoms with Crippen molar-refractivity contribution in [2.75, 3.05) is 19.3 Å². The quantitative estimate of drug-likeness (QED) is 0.787. The third-order valence-electron chi connectivity index (χ3n) is 3.26. The molecule has 1 heterocycles. The molecule has 100 valence electrons. The number of nitriles is 1. The zero-order valence-corrected chi connectivity index (χ0v) is 11.6. The molecule has 1 aromatic rings. The molecular weight excluding hydrogens is 260 g/mol. The van der Waals surface area contributed by atoms with Crippen LogP contribution in [0, 0.1) is 11.3 Å². The van der Waals surface area contributed by atoms with Crippen molar-refractivity contribution in [2.24, 2.45) is 0 Å². The molecule has 2 rings (SSSR count). The van der Waals surface area contributed by atoms with Gasteiger partial charge in [0.1, 0.15) is 6.04 Å². The highest BCUT2D eigenvalue weighted by Crippen LogP contribution is 2.21. The summed E-state index contributed by atoms with van der Waals surface area (Å²) in [5.41, 5.74) is 0.681. The van der Waals surface area contributed by atoms with E-state index in [1.165, 1.54) is 0 Å². The number of benzene rings is 1. The van der Waals surface area contributed by atoms with Gasteiger partial charge in [-0.15, -0.1) is 0 Å². The van der Waals surface area contributed by atoms with Crippen molar-refractivity contribution in [1.29, 1.82) is 5.26 Å². The van der Waals surface area contributed by atoms with Crippen LogP contribution < -0.4 is 0 Å². The van der Waals surface area contributed by atoms with Gasteiger partial charge in [-0.3, -0.25) is 4.90 Å². The number of sulfone groups is 1. The van der Waals surface area contributed by atoms with Crippen LogP contribution in [-0.2, 0) is 9.84 Å². The highest BCUT2D eigenvalue weighted by Gasteiger charge is 2.27. The second-order valence-electron chi connectivity index (χ2n) is 4.65. The Morgan fingerprint density at radius 3 is 2.68 bits per heavy atom. The fourth-order valence-corrected chi connectivity index (χ4v) is 3.68. The van der Waals surface area contributed by atoms with Gasteiger partial charge in [0.25, 0.3) is 0 Å². The first kappa shape index (κ1) is 13.8. The zero-order valence-electron chi connectivity index (χ0n) is 10.8. The van der Waals surface area contributed by atoms with Crippen LogP contribution in [0.15, 0.2) is 46.9 Å². The van der Waals surface area contributed by atoms with E-state index in [9.17, 15) is 13.7 Å². The normalized spacial score (nSPS) is 20.6. The lowest BCUT2D eigenvalue weighted by Crippen LogP contribution is -2.37. The highest BCUT2D eigenvalue weighted by atomic mass is 32.2. The second-order valence-corrected chi connectivity index (χ2v) is 6.64. The van der Waals surface area contributed by atoms with Gasteiger partial charge in [-0.2, -0.15) is 5.26 Å². The van der Waals surface area contributed by atoms with E-state index in [-0.39, 0.29) is 5.75 Å². The fraction of sp³-hybridized carbons (Fsp3) is 0.357. The Hall–Kier alpha value is -1.64. The molecule has 0 saturated heterocycles. The molecule has 0 radical (unpaired) electrons. The Kier molecular flexibility index (Phi) is 4.03. The Labute approximate surface area is 113 Å². The fourth-order valence-electron chi connectivity index (χ4n) is 2.23. The summed E-state index contributed by atoms with van der Waals surface area (Å²) in [4.78, 5) is 2.19. The molecule has 0 spiro atoms. The largest absolute Gasteiger partial charge is 0.287 e. The van der Waals surface area contributed by atoms with Gasteiger partial charge in [0.15, 0.2) is 9.84 Å². The SMILES string of the molecule is CN1CCC=C(CS(=O)(=O)c2ccccc2)C1C#N. The number of hydrogen-bond donors (Lipinski definition) is 0. The minimum atomic E-state index is -3.37. The molecule has 0 aliphatic carbocycles. The van der Waals surface area contributed by atoms with Gasteiger partial charge in [-0.1, -0.05) is 24.3 Å². The monoisotopic (exact) mass is 276 g/mol. The molecule has 4 nitrogen and oxygen atoms in total. The van der Waals surface area contributed by atoms with Crippen molar-refractivity contribution >= 4 is 9.84 Å². The Balaban J connectivity index is 2.26. The molecule has 1 unspecified atom stereocenters. The molecule has 0 amide bonds. The number of rotatable bonds is 3. The van der Waals surface area contributed by atoms with Crippen LogP contribution in [0.2, 0.25) is 0 Å². The van der Waals surface area contributed by atoms with E-state index in [2.05, 4.69) is 6.07 Å². The Bertz CT molecular complexity index is 615. The molecule has 1 atom stereocenters. The molecule has 0 aromatic heterocycles. The van der Waals surface area contributed by atoms with Gasteiger partial charge in [-0.25, -0.2) is 8.42 Å². The number of likely N-dealkylation sites (N-methyl/N-ethyl adjacent to an activating group) is 1. The van der Waals surface area contributed by atoms with Gasteiger partial charge in [0.05, 0.1) is 16.7 Å². The topological polar surface area (TPSA) is 61.2 Å². The smallest absolute Gasteiger partial charge is 0.182 e. The lowest BCUT2D eigenvalue weighted by molar-refractivity contribution is 0.306. The Morgan fingerprint density at radius 2 is 2.05 bits per heavy atom. The van der Waals surface area contributed by atoms with Crippen molar-refractivity contribution < 1.29 is 8.42 Å². The third-order valence-corrected chi connectivity index (χ3v) is 4.97. The van der Waals surface area contributed by atoms with Crippen LogP contribution in [0.1, 0.15) is 6.42 Å². The van der Waals surface area contributed by atoms with Crippen molar-refractivity contribution in [3.63, 3.8) is 0 Å². The summed E-state index contributed by atoms with van der Waals surface area (Å²) in [6.45, 7) is 0.785. The van der Waals surface area contributed by atoms with Crippen molar-refractivity contribution in [1.82, 2.24) is 4.90 Å². The highest BCUT2D eigenvalue weighted by molar-refractivity contribution is 7.91. The van der Waals surface area contributed by atoms with Crippen LogP contribution in [0.25, 0.3) is 0 Å². The van der Waals surface area contributed by atoms with Gasteiger partial charge < -0.3 is 0 Å². The summed E-state index contributed by atoms with van der Waals surface area (Å²) in [7, 11) is -1.53. The number of hydrogen-bond acceptors (Lipinski definition) is 4. The van der Waals surface area contributed by atoms with Crippen LogP contribution in [-0.4, -0.2) is 38.7 Å². The average molecular weight is 276 g/mol.